The van der Waals surface area contributed by atoms with Crippen molar-refractivity contribution in [2.75, 3.05) is 12.8 Å². The lowest BCUT2D eigenvalue weighted by atomic mass is 10.2. The fourth-order valence-electron chi connectivity index (χ4n) is 2.00. The van der Waals surface area contributed by atoms with E-state index in [0.29, 0.717) is 5.69 Å². The maximum atomic E-state index is 13.6. The van der Waals surface area contributed by atoms with Gasteiger partial charge in [0, 0.05) is 17.1 Å². The molecule has 0 radical (unpaired) electrons. The lowest BCUT2D eigenvalue weighted by Crippen LogP contribution is -1.97. The van der Waals surface area contributed by atoms with Gasteiger partial charge >= 0.3 is 0 Å². The number of methoxy groups -OCH3 is 1. The number of fused-ring (bicyclic) bond motifs is 1. The molecule has 3 aromatic rings. The lowest BCUT2D eigenvalue weighted by molar-refractivity contribution is 0.387. The van der Waals surface area contributed by atoms with Gasteiger partial charge in [0.15, 0.2) is 11.6 Å². The van der Waals surface area contributed by atoms with Gasteiger partial charge in [-0.3, -0.25) is 0 Å². The second kappa shape index (κ2) is 4.28. The van der Waals surface area contributed by atoms with Crippen LogP contribution < -0.4 is 10.5 Å². The van der Waals surface area contributed by atoms with E-state index in [2.05, 4.69) is 5.10 Å². The van der Waals surface area contributed by atoms with Gasteiger partial charge in [-0.1, -0.05) is 0 Å². The third-order valence-electron chi connectivity index (χ3n) is 2.98. The van der Waals surface area contributed by atoms with Crippen LogP contribution in [0.15, 0.2) is 42.6 Å². The molecule has 19 heavy (non-hydrogen) atoms. The van der Waals surface area contributed by atoms with E-state index in [1.165, 1.54) is 13.2 Å². The Morgan fingerprint density at radius 1 is 1.21 bits per heavy atom. The topological polar surface area (TPSA) is 53.1 Å². The van der Waals surface area contributed by atoms with E-state index in [1.807, 2.05) is 12.1 Å². The van der Waals surface area contributed by atoms with Gasteiger partial charge in [0.2, 0.25) is 0 Å². The highest BCUT2D eigenvalue weighted by atomic mass is 19.1. The van der Waals surface area contributed by atoms with Crippen molar-refractivity contribution in [3.8, 4) is 11.4 Å². The summed E-state index contributed by atoms with van der Waals surface area (Å²) in [4.78, 5) is 0. The summed E-state index contributed by atoms with van der Waals surface area (Å²) in [5, 5.41) is 4.98. The summed E-state index contributed by atoms with van der Waals surface area (Å²) in [6, 6.07) is 10.4. The van der Waals surface area contributed by atoms with E-state index in [4.69, 9.17) is 10.5 Å². The largest absolute Gasteiger partial charge is 0.494 e. The molecule has 0 saturated carbocycles. The van der Waals surface area contributed by atoms with Crippen LogP contribution in [0.2, 0.25) is 0 Å². The van der Waals surface area contributed by atoms with Crippen LogP contribution in [-0.2, 0) is 0 Å². The van der Waals surface area contributed by atoms with Crippen molar-refractivity contribution in [3.05, 3.63) is 48.4 Å². The van der Waals surface area contributed by atoms with Crippen LogP contribution in [0.1, 0.15) is 0 Å². The van der Waals surface area contributed by atoms with Gasteiger partial charge < -0.3 is 10.5 Å². The summed E-state index contributed by atoms with van der Waals surface area (Å²) < 4.78 is 20.3. The summed E-state index contributed by atoms with van der Waals surface area (Å²) in [7, 11) is 1.44. The van der Waals surface area contributed by atoms with E-state index in [-0.39, 0.29) is 5.75 Å². The van der Waals surface area contributed by atoms with Crippen LogP contribution in [0.3, 0.4) is 0 Å². The molecule has 96 valence electrons. The number of nitrogens with two attached hydrogens (primary N) is 1. The molecule has 2 aromatic carbocycles. The van der Waals surface area contributed by atoms with Crippen molar-refractivity contribution in [2.45, 2.75) is 0 Å². The molecular formula is C14H12FN3O. The van der Waals surface area contributed by atoms with E-state index in [1.54, 1.807) is 29.1 Å². The normalized spacial score (nSPS) is 10.8. The standard InChI is InChI=1S/C14H12FN3O/c1-19-14-7-13-9(6-12(14)15)8-17-18(13)11-4-2-10(16)3-5-11/h2-8H,16H2,1H3. The minimum atomic E-state index is -0.396. The zero-order valence-electron chi connectivity index (χ0n) is 10.3. The van der Waals surface area contributed by atoms with Gasteiger partial charge in [0.1, 0.15) is 0 Å². The smallest absolute Gasteiger partial charge is 0.165 e. The zero-order chi connectivity index (χ0) is 13.4. The molecular weight excluding hydrogens is 245 g/mol. The van der Waals surface area contributed by atoms with Gasteiger partial charge in [0.25, 0.3) is 0 Å². The summed E-state index contributed by atoms with van der Waals surface area (Å²) in [5.41, 5.74) is 7.98. The molecule has 0 aliphatic carbocycles. The number of nitrogens with zero attached hydrogens (tertiary/aromatic N) is 2. The minimum Gasteiger partial charge on any atom is -0.494 e. The fourth-order valence-corrected chi connectivity index (χ4v) is 2.00. The van der Waals surface area contributed by atoms with Crippen LogP contribution in [0.25, 0.3) is 16.6 Å². The third-order valence-corrected chi connectivity index (χ3v) is 2.98. The second-order valence-corrected chi connectivity index (χ2v) is 4.19. The Morgan fingerprint density at radius 3 is 2.63 bits per heavy atom. The summed E-state index contributed by atoms with van der Waals surface area (Å²) in [5.74, 6) is -0.198. The number of anilines is 1. The third kappa shape index (κ3) is 1.89. The number of hydrogen-bond acceptors (Lipinski definition) is 3. The first kappa shape index (κ1) is 11.5. The van der Waals surface area contributed by atoms with Gasteiger partial charge in [-0.25, -0.2) is 9.07 Å². The molecule has 3 rings (SSSR count). The van der Waals surface area contributed by atoms with Crippen LogP contribution in [0.4, 0.5) is 10.1 Å². The van der Waals surface area contributed by atoms with Gasteiger partial charge in [-0.2, -0.15) is 5.10 Å². The summed E-state index contributed by atoms with van der Waals surface area (Å²) in [6.45, 7) is 0. The Bertz CT molecular complexity index is 734. The monoisotopic (exact) mass is 257 g/mol. The summed E-state index contributed by atoms with van der Waals surface area (Å²) in [6.07, 6.45) is 1.62. The van der Waals surface area contributed by atoms with Crippen LogP contribution in [0.5, 0.6) is 5.75 Å². The Kier molecular flexibility index (Phi) is 2.59. The highest BCUT2D eigenvalue weighted by molar-refractivity contribution is 5.82. The highest BCUT2D eigenvalue weighted by Crippen LogP contribution is 2.26. The average Bonchev–Trinajstić information content (AvgIpc) is 2.81. The van der Waals surface area contributed by atoms with Crippen LogP contribution in [-0.4, -0.2) is 16.9 Å². The molecule has 0 amide bonds. The molecule has 5 heteroatoms. The molecule has 2 N–H and O–H groups in total. The highest BCUT2D eigenvalue weighted by Gasteiger charge is 2.10. The molecule has 1 heterocycles. The van der Waals surface area contributed by atoms with Gasteiger partial charge in [-0.05, 0) is 30.3 Å². The first-order valence-electron chi connectivity index (χ1n) is 5.76. The van der Waals surface area contributed by atoms with Crippen LogP contribution in [0, 0.1) is 5.82 Å². The molecule has 1 aromatic heterocycles. The molecule has 0 spiro atoms. The lowest BCUT2D eigenvalue weighted by Gasteiger charge is -2.06. The Balaban J connectivity index is 2.21. The van der Waals surface area contributed by atoms with Crippen molar-refractivity contribution >= 4 is 16.6 Å². The second-order valence-electron chi connectivity index (χ2n) is 4.19. The molecule has 0 unspecified atom stereocenters. The summed E-state index contributed by atoms with van der Waals surface area (Å²) >= 11 is 0. The number of nitrogen functional groups attached to an aromatic ring is 1. The quantitative estimate of drug-likeness (QED) is 0.718. The SMILES string of the molecule is COc1cc2c(cnn2-c2ccc(N)cc2)cc1F. The first-order valence-corrected chi connectivity index (χ1v) is 5.76. The number of aromatic nitrogens is 2. The van der Waals surface area contributed by atoms with Crippen molar-refractivity contribution in [1.29, 1.82) is 0 Å². The Labute approximate surface area is 109 Å². The number of hydrogen-bond donors (Lipinski definition) is 1. The van der Waals surface area contributed by atoms with Crippen molar-refractivity contribution < 1.29 is 9.13 Å². The van der Waals surface area contributed by atoms with E-state index < -0.39 is 5.82 Å². The predicted molar refractivity (Wildman–Crippen MR) is 72.0 cm³/mol. The van der Waals surface area contributed by atoms with Crippen LogP contribution >= 0.6 is 0 Å². The molecule has 0 saturated heterocycles. The molecule has 0 aliphatic heterocycles. The molecule has 0 bridgehead atoms. The number of rotatable bonds is 2. The zero-order valence-corrected chi connectivity index (χ0v) is 10.3. The van der Waals surface area contributed by atoms with Crippen molar-refractivity contribution in [1.82, 2.24) is 9.78 Å². The number of benzene rings is 2. The van der Waals surface area contributed by atoms with E-state index in [0.717, 1.165) is 16.6 Å². The maximum absolute atomic E-state index is 13.6. The van der Waals surface area contributed by atoms with Crippen molar-refractivity contribution in [2.24, 2.45) is 0 Å². The molecule has 0 fully saturated rings. The molecule has 0 aliphatic rings. The number of halogens is 1. The molecule has 4 nitrogen and oxygen atoms in total. The average molecular weight is 257 g/mol. The predicted octanol–water partition coefficient (Wildman–Crippen LogP) is 2.76. The Morgan fingerprint density at radius 2 is 1.95 bits per heavy atom. The van der Waals surface area contributed by atoms with Gasteiger partial charge in [-0.15, -0.1) is 0 Å². The van der Waals surface area contributed by atoms with E-state index >= 15 is 0 Å². The minimum absolute atomic E-state index is 0.199. The Hall–Kier alpha value is -2.56. The molecule has 0 atom stereocenters. The number of ether oxygens (including phenoxy) is 1. The first-order chi connectivity index (χ1) is 9.19. The fraction of sp³-hybridized carbons (Fsp3) is 0.0714. The maximum Gasteiger partial charge on any atom is 0.165 e. The van der Waals surface area contributed by atoms with Gasteiger partial charge in [0.05, 0.1) is 24.5 Å². The van der Waals surface area contributed by atoms with E-state index in [9.17, 15) is 4.39 Å². The van der Waals surface area contributed by atoms with Crippen molar-refractivity contribution in [3.63, 3.8) is 0 Å².